The molecule has 7 atom stereocenters. The molecule has 17 heavy (non-hydrogen) atoms. The molecule has 102 valence electrons. The molecule has 0 heterocycles. The summed E-state index contributed by atoms with van der Waals surface area (Å²) in [5.74, 6) is -0.586. The lowest BCUT2D eigenvalue weighted by Crippen LogP contribution is -2.45. The molecule has 1 aliphatic carbocycles. The molecule has 7 heteroatoms. The largest absolute Gasteiger partial charge is 0.390 e. The molecule has 0 aliphatic heterocycles. The standard InChI is InChI=1S/C10H20ClNO4S/c1-4(11)6(12-2)5-7(13)10(5,16)8(14)9(15)17-3/h4-9,12-16H,1-3H3/t4?,5?,6?,7-,8?,9?,10?/m1/s1. The fourth-order valence-corrected chi connectivity index (χ4v) is 3.07. The van der Waals surface area contributed by atoms with Crippen LogP contribution in [-0.4, -0.2) is 68.4 Å². The van der Waals surface area contributed by atoms with Gasteiger partial charge in [-0.3, -0.25) is 0 Å². The van der Waals surface area contributed by atoms with E-state index in [0.29, 0.717) is 0 Å². The zero-order valence-corrected chi connectivity index (χ0v) is 11.6. The van der Waals surface area contributed by atoms with Crippen LogP contribution in [0.4, 0.5) is 0 Å². The number of alkyl halides is 1. The summed E-state index contributed by atoms with van der Waals surface area (Å²) in [6.07, 6.45) is -0.873. The van der Waals surface area contributed by atoms with Gasteiger partial charge < -0.3 is 25.7 Å². The van der Waals surface area contributed by atoms with Crippen molar-refractivity contribution in [1.82, 2.24) is 5.32 Å². The van der Waals surface area contributed by atoms with Gasteiger partial charge in [0.25, 0.3) is 0 Å². The third kappa shape index (κ3) is 2.58. The lowest BCUT2D eigenvalue weighted by atomic mass is 10.0. The Morgan fingerprint density at radius 3 is 2.29 bits per heavy atom. The summed E-state index contributed by atoms with van der Waals surface area (Å²) >= 11 is 6.97. The van der Waals surface area contributed by atoms with Crippen molar-refractivity contribution in [3.63, 3.8) is 0 Å². The smallest absolute Gasteiger partial charge is 0.128 e. The molecule has 0 aromatic carbocycles. The number of thioether (sulfide) groups is 1. The molecule has 0 spiro atoms. The maximum atomic E-state index is 10.2. The molecule has 1 rings (SSSR count). The Morgan fingerprint density at radius 1 is 1.41 bits per heavy atom. The minimum absolute atomic E-state index is 0.313. The maximum Gasteiger partial charge on any atom is 0.128 e. The summed E-state index contributed by atoms with van der Waals surface area (Å²) < 4.78 is 0. The first-order chi connectivity index (χ1) is 7.82. The van der Waals surface area contributed by atoms with Gasteiger partial charge in [-0.1, -0.05) is 0 Å². The third-order valence-corrected chi connectivity index (χ3v) is 4.45. The Hall–Kier alpha value is 0.440. The number of halogens is 1. The SMILES string of the molecule is CNC(C(C)Cl)C1[C@@H](O)C1(O)C(O)C(O)SC. The van der Waals surface area contributed by atoms with E-state index in [4.69, 9.17) is 11.6 Å². The molecule has 0 bridgehead atoms. The quantitative estimate of drug-likeness (QED) is 0.316. The molecular weight excluding hydrogens is 266 g/mol. The van der Waals surface area contributed by atoms with Gasteiger partial charge in [-0.05, 0) is 20.2 Å². The van der Waals surface area contributed by atoms with Gasteiger partial charge in [0.15, 0.2) is 0 Å². The third-order valence-electron chi connectivity index (χ3n) is 3.44. The molecule has 6 unspecified atom stereocenters. The number of nitrogens with one attached hydrogen (secondary N) is 1. The molecule has 0 amide bonds. The van der Waals surface area contributed by atoms with E-state index < -0.39 is 29.2 Å². The van der Waals surface area contributed by atoms with Crippen LogP contribution >= 0.6 is 23.4 Å². The van der Waals surface area contributed by atoms with Crippen molar-refractivity contribution in [3.8, 4) is 0 Å². The summed E-state index contributed by atoms with van der Waals surface area (Å²) in [5.41, 5.74) is -2.83. The van der Waals surface area contributed by atoms with E-state index in [1.807, 2.05) is 0 Å². The predicted octanol–water partition coefficient (Wildman–Crippen LogP) is -1.03. The highest BCUT2D eigenvalue weighted by Gasteiger charge is 2.71. The maximum absolute atomic E-state index is 10.2. The van der Waals surface area contributed by atoms with Crippen LogP contribution in [0.1, 0.15) is 6.92 Å². The Balaban J connectivity index is 2.80. The monoisotopic (exact) mass is 285 g/mol. The normalized spacial score (nSPS) is 39.5. The summed E-state index contributed by atoms with van der Waals surface area (Å²) in [5, 5.41) is 41.9. The number of hydrogen-bond acceptors (Lipinski definition) is 6. The molecular formula is C10H20ClNO4S. The minimum atomic E-state index is -1.70. The average molecular weight is 286 g/mol. The second kappa shape index (κ2) is 5.61. The number of aliphatic hydroxyl groups is 4. The lowest BCUT2D eigenvalue weighted by Gasteiger charge is -2.25. The first-order valence-corrected chi connectivity index (χ1v) is 7.15. The van der Waals surface area contributed by atoms with Crippen molar-refractivity contribution in [2.24, 2.45) is 5.92 Å². The van der Waals surface area contributed by atoms with Gasteiger partial charge in [-0.25, -0.2) is 0 Å². The molecule has 5 nitrogen and oxygen atoms in total. The molecule has 0 aromatic heterocycles. The van der Waals surface area contributed by atoms with Crippen LogP contribution in [0.2, 0.25) is 0 Å². The van der Waals surface area contributed by atoms with Gasteiger partial charge >= 0.3 is 0 Å². The lowest BCUT2D eigenvalue weighted by molar-refractivity contribution is -0.0691. The van der Waals surface area contributed by atoms with Crippen molar-refractivity contribution in [1.29, 1.82) is 0 Å². The van der Waals surface area contributed by atoms with E-state index in [-0.39, 0.29) is 11.4 Å². The molecule has 1 saturated carbocycles. The molecule has 5 N–H and O–H groups in total. The fourth-order valence-electron chi connectivity index (χ4n) is 2.31. The van der Waals surface area contributed by atoms with Crippen LogP contribution in [0.3, 0.4) is 0 Å². The van der Waals surface area contributed by atoms with E-state index in [1.54, 1.807) is 20.2 Å². The second-order valence-electron chi connectivity index (χ2n) is 4.42. The van der Waals surface area contributed by atoms with E-state index in [2.05, 4.69) is 5.32 Å². The van der Waals surface area contributed by atoms with E-state index in [1.165, 1.54) is 0 Å². The Bertz CT molecular complexity index is 271. The minimum Gasteiger partial charge on any atom is -0.390 e. The number of aliphatic hydroxyl groups excluding tert-OH is 3. The predicted molar refractivity (Wildman–Crippen MR) is 68.1 cm³/mol. The van der Waals surface area contributed by atoms with Gasteiger partial charge in [0.1, 0.15) is 17.1 Å². The summed E-state index contributed by atoms with van der Waals surface area (Å²) in [7, 11) is 1.67. The van der Waals surface area contributed by atoms with Crippen molar-refractivity contribution in [3.05, 3.63) is 0 Å². The van der Waals surface area contributed by atoms with Crippen molar-refractivity contribution < 1.29 is 20.4 Å². The van der Waals surface area contributed by atoms with Gasteiger partial charge in [0.05, 0.1) is 6.10 Å². The van der Waals surface area contributed by atoms with Gasteiger partial charge in [0.2, 0.25) is 0 Å². The average Bonchev–Trinajstić information content (AvgIpc) is 2.82. The van der Waals surface area contributed by atoms with Gasteiger partial charge in [-0.2, -0.15) is 0 Å². The van der Waals surface area contributed by atoms with E-state index in [9.17, 15) is 20.4 Å². The number of hydrogen-bond donors (Lipinski definition) is 5. The van der Waals surface area contributed by atoms with Crippen LogP contribution in [0.15, 0.2) is 0 Å². The second-order valence-corrected chi connectivity index (χ2v) is 6.06. The van der Waals surface area contributed by atoms with E-state index in [0.717, 1.165) is 11.8 Å². The Morgan fingerprint density at radius 2 is 1.94 bits per heavy atom. The molecule has 0 aromatic rings. The first kappa shape index (κ1) is 15.5. The zero-order valence-electron chi connectivity index (χ0n) is 10.0. The topological polar surface area (TPSA) is 93.0 Å². The fraction of sp³-hybridized carbons (Fsp3) is 1.00. The summed E-state index contributed by atoms with van der Waals surface area (Å²) in [6.45, 7) is 1.74. The van der Waals surface area contributed by atoms with Crippen molar-refractivity contribution in [2.45, 2.75) is 41.6 Å². The van der Waals surface area contributed by atoms with Crippen LogP contribution in [-0.2, 0) is 0 Å². The zero-order chi connectivity index (χ0) is 13.4. The Kier molecular flexibility index (Phi) is 5.11. The number of rotatable bonds is 6. The highest BCUT2D eigenvalue weighted by Crippen LogP contribution is 2.51. The van der Waals surface area contributed by atoms with E-state index >= 15 is 0 Å². The highest BCUT2D eigenvalue weighted by atomic mass is 35.5. The molecule has 0 radical (unpaired) electrons. The van der Waals surface area contributed by atoms with Crippen molar-refractivity contribution >= 4 is 23.4 Å². The molecule has 1 aliphatic rings. The van der Waals surface area contributed by atoms with Gasteiger partial charge in [-0.15, -0.1) is 23.4 Å². The van der Waals surface area contributed by atoms with Crippen molar-refractivity contribution in [2.75, 3.05) is 13.3 Å². The molecule has 0 saturated heterocycles. The summed E-state index contributed by atoms with van der Waals surface area (Å²) in [4.78, 5) is 0. The van der Waals surface area contributed by atoms with Gasteiger partial charge in [0, 0.05) is 17.3 Å². The highest BCUT2D eigenvalue weighted by molar-refractivity contribution is 7.99. The summed E-state index contributed by atoms with van der Waals surface area (Å²) in [6, 6.07) is -0.333. The molecule has 1 fully saturated rings. The first-order valence-electron chi connectivity index (χ1n) is 5.43. The Labute approximate surface area is 110 Å². The van der Waals surface area contributed by atoms with Crippen LogP contribution in [0.5, 0.6) is 0 Å². The van der Waals surface area contributed by atoms with Crippen LogP contribution in [0, 0.1) is 5.92 Å². The van der Waals surface area contributed by atoms with Crippen LogP contribution in [0.25, 0.3) is 0 Å². The van der Waals surface area contributed by atoms with Crippen LogP contribution < -0.4 is 5.32 Å².